The van der Waals surface area contributed by atoms with E-state index in [2.05, 4.69) is 32.9 Å². The Labute approximate surface area is 359 Å². The van der Waals surface area contributed by atoms with E-state index in [1.165, 1.54) is 20.3 Å². The third-order valence-electron chi connectivity index (χ3n) is 11.8. The second kappa shape index (κ2) is 14.7. The number of ether oxygens (including phenoxy) is 3. The van der Waals surface area contributed by atoms with E-state index < -0.39 is 11.8 Å². The highest BCUT2D eigenvalue weighted by molar-refractivity contribution is 5.74. The maximum Gasteiger partial charge on any atom is 0.203 e. The van der Waals surface area contributed by atoms with E-state index in [9.17, 15) is 20.4 Å². The van der Waals surface area contributed by atoms with Crippen LogP contribution < -0.4 is 14.2 Å². The molecule has 308 valence electrons. The molecule has 2 heterocycles. The van der Waals surface area contributed by atoms with Gasteiger partial charge in [-0.2, -0.15) is 0 Å². The molecule has 6 aromatic carbocycles. The summed E-state index contributed by atoms with van der Waals surface area (Å²) in [5.74, 6) is 2.28. The smallest absolute Gasteiger partial charge is 0.203 e. The first kappa shape index (κ1) is 38.4. The van der Waals surface area contributed by atoms with Crippen molar-refractivity contribution in [3.63, 3.8) is 0 Å². The van der Waals surface area contributed by atoms with Crippen LogP contribution in [0.3, 0.4) is 0 Å². The number of hydrogen-bond acceptors (Lipinski definition) is 7. The molecule has 0 spiro atoms. The van der Waals surface area contributed by atoms with Gasteiger partial charge in [0.15, 0.2) is 0 Å². The molecule has 0 saturated heterocycles. The second-order valence-electron chi connectivity index (χ2n) is 16.9. The number of rotatable bonds is 9. The minimum Gasteiger partial charge on any atom is -0.494 e. The topological polar surface area (TPSA) is 118 Å². The number of benzene rings is 6. The fraction of sp³-hybridized carbons (Fsp3) is 0.132. The van der Waals surface area contributed by atoms with E-state index in [0.29, 0.717) is 56.6 Å². The molecule has 4 N–H and O–H groups in total. The Hall–Kier alpha value is -7.78. The molecule has 0 amide bonds. The molecular formula is C53H44N2O7. The average Bonchev–Trinajstić information content (AvgIpc) is 3.72. The predicted molar refractivity (Wildman–Crippen MR) is 239 cm³/mol. The molecule has 2 atom stereocenters. The third kappa shape index (κ3) is 6.68. The number of aromatic hydroxyl groups is 4. The van der Waals surface area contributed by atoms with E-state index in [0.717, 1.165) is 22.6 Å². The first-order valence-electron chi connectivity index (χ1n) is 20.5. The van der Waals surface area contributed by atoms with Gasteiger partial charge in [0.05, 0.1) is 11.4 Å². The molecule has 2 bridgehead atoms. The van der Waals surface area contributed by atoms with Gasteiger partial charge in [-0.1, -0.05) is 87.0 Å². The van der Waals surface area contributed by atoms with Crippen molar-refractivity contribution in [2.24, 2.45) is 0 Å². The molecule has 2 aromatic heterocycles. The zero-order valence-corrected chi connectivity index (χ0v) is 34.6. The van der Waals surface area contributed by atoms with Crippen LogP contribution in [-0.2, 0) is 5.41 Å². The van der Waals surface area contributed by atoms with Crippen molar-refractivity contribution in [3.05, 3.63) is 191 Å². The third-order valence-corrected chi connectivity index (χ3v) is 11.8. The van der Waals surface area contributed by atoms with Crippen LogP contribution in [0.4, 0.5) is 0 Å². The van der Waals surface area contributed by atoms with Crippen LogP contribution in [0, 0.1) is 6.92 Å². The molecule has 9 nitrogen and oxygen atoms in total. The highest BCUT2D eigenvalue weighted by Crippen LogP contribution is 2.61. The minimum absolute atomic E-state index is 0.0338. The fourth-order valence-corrected chi connectivity index (χ4v) is 8.57. The van der Waals surface area contributed by atoms with Crippen LogP contribution in [0.5, 0.6) is 58.0 Å². The molecule has 0 radical (unpaired) electrons. The van der Waals surface area contributed by atoms with E-state index in [1.54, 1.807) is 48.5 Å². The summed E-state index contributed by atoms with van der Waals surface area (Å²) in [4.78, 5) is 0. The Balaban J connectivity index is 0.843. The summed E-state index contributed by atoms with van der Waals surface area (Å²) in [6, 6.07) is 45.9. The second-order valence-corrected chi connectivity index (χ2v) is 16.9. The van der Waals surface area contributed by atoms with Gasteiger partial charge in [-0.15, -0.1) is 0 Å². The quantitative estimate of drug-likeness (QED) is 0.107. The number of aromatic nitrogens is 2. The van der Waals surface area contributed by atoms with Crippen LogP contribution >= 0.6 is 0 Å². The Morgan fingerprint density at radius 2 is 0.661 bits per heavy atom. The molecule has 3 aliphatic rings. The zero-order chi connectivity index (χ0) is 42.9. The molecular weight excluding hydrogens is 777 g/mol. The summed E-state index contributed by atoms with van der Waals surface area (Å²) in [6.07, 6.45) is 3.78. The fourth-order valence-electron chi connectivity index (χ4n) is 8.57. The van der Waals surface area contributed by atoms with Crippen molar-refractivity contribution in [1.29, 1.82) is 0 Å². The summed E-state index contributed by atoms with van der Waals surface area (Å²) < 4.78 is 21.0. The molecule has 0 fully saturated rings. The van der Waals surface area contributed by atoms with E-state index >= 15 is 0 Å². The lowest BCUT2D eigenvalue weighted by Gasteiger charge is -2.31. The number of nitrogens with zero attached hydrogens (tertiary/aromatic N) is 2. The van der Waals surface area contributed by atoms with E-state index in [4.69, 9.17) is 14.2 Å². The van der Waals surface area contributed by atoms with Gasteiger partial charge in [0, 0.05) is 34.1 Å². The summed E-state index contributed by atoms with van der Waals surface area (Å²) in [6.45, 7) is 8.54. The molecule has 3 aliphatic carbocycles. The first-order valence-corrected chi connectivity index (χ1v) is 20.5. The monoisotopic (exact) mass is 820 g/mol. The molecule has 62 heavy (non-hydrogen) atoms. The van der Waals surface area contributed by atoms with Gasteiger partial charge in [-0.25, -0.2) is 0 Å². The molecule has 0 saturated carbocycles. The van der Waals surface area contributed by atoms with Gasteiger partial charge in [-0.3, -0.25) is 9.13 Å². The lowest BCUT2D eigenvalue weighted by atomic mass is 9.70. The van der Waals surface area contributed by atoms with Gasteiger partial charge in [0.2, 0.25) is 23.5 Å². The van der Waals surface area contributed by atoms with Crippen molar-refractivity contribution < 1.29 is 34.6 Å². The first-order chi connectivity index (χ1) is 29.9. The van der Waals surface area contributed by atoms with Gasteiger partial charge < -0.3 is 34.6 Å². The Bertz CT molecular complexity index is 2910. The standard InChI is InChI=1S/C53H44N2O7/c1-31-5-17-37(18-6-31)60-38-19-7-32(8-20-38)33-9-21-39(22-10-33)61-41-25-13-35(14-26-41)54-49(56)45-43-29-30-44(46(45)50(54)57)48-47(43)51(58)55(52(48)59)36-15-27-42(28-16-36)62-40-23-11-34(12-24-40)53(2,3)4/h5-30,43-44,56-59H,1-4H3. The molecule has 9 heteroatoms. The summed E-state index contributed by atoms with van der Waals surface area (Å²) in [5.41, 5.74) is 7.46. The zero-order valence-electron chi connectivity index (χ0n) is 34.6. The van der Waals surface area contributed by atoms with Crippen LogP contribution in [0.1, 0.15) is 66.0 Å². The van der Waals surface area contributed by atoms with E-state index in [1.807, 2.05) is 104 Å². The largest absolute Gasteiger partial charge is 0.494 e. The minimum atomic E-state index is -0.613. The maximum atomic E-state index is 11.7. The van der Waals surface area contributed by atoms with Crippen LogP contribution in [0.15, 0.2) is 158 Å². The van der Waals surface area contributed by atoms with Crippen LogP contribution in [0.2, 0.25) is 0 Å². The predicted octanol–water partition coefficient (Wildman–Crippen LogP) is 12.9. The molecule has 0 aliphatic heterocycles. The Morgan fingerprint density at radius 3 is 0.968 bits per heavy atom. The van der Waals surface area contributed by atoms with Crippen molar-refractivity contribution in [2.75, 3.05) is 0 Å². The highest BCUT2D eigenvalue weighted by Gasteiger charge is 2.46. The Kier molecular flexibility index (Phi) is 9.14. The number of allylic oxidation sites excluding steroid dienone is 2. The highest BCUT2D eigenvalue weighted by atomic mass is 16.5. The van der Waals surface area contributed by atoms with Crippen molar-refractivity contribution >= 4 is 0 Å². The van der Waals surface area contributed by atoms with Crippen molar-refractivity contribution in [2.45, 2.75) is 44.9 Å². The number of hydrogen-bond donors (Lipinski definition) is 4. The molecule has 2 unspecified atom stereocenters. The molecule has 8 aromatic rings. The maximum absolute atomic E-state index is 11.7. The summed E-state index contributed by atoms with van der Waals surface area (Å²) >= 11 is 0. The molecule has 11 rings (SSSR count). The van der Waals surface area contributed by atoms with Crippen LogP contribution in [-0.4, -0.2) is 29.6 Å². The van der Waals surface area contributed by atoms with Gasteiger partial charge in [0.25, 0.3) is 0 Å². The number of aryl methyl sites for hydroxylation is 1. The van der Waals surface area contributed by atoms with Gasteiger partial charge in [-0.05, 0) is 126 Å². The van der Waals surface area contributed by atoms with Crippen LogP contribution in [0.25, 0.3) is 22.5 Å². The van der Waals surface area contributed by atoms with Crippen molar-refractivity contribution in [3.8, 4) is 80.5 Å². The lowest BCUT2D eigenvalue weighted by molar-refractivity contribution is 0.396. The summed E-state index contributed by atoms with van der Waals surface area (Å²) in [7, 11) is 0. The van der Waals surface area contributed by atoms with Gasteiger partial charge >= 0.3 is 0 Å². The Morgan fingerprint density at radius 1 is 0.387 bits per heavy atom. The average molecular weight is 821 g/mol. The van der Waals surface area contributed by atoms with Gasteiger partial charge in [0.1, 0.15) is 34.5 Å². The van der Waals surface area contributed by atoms with Crippen molar-refractivity contribution in [1.82, 2.24) is 9.13 Å². The summed E-state index contributed by atoms with van der Waals surface area (Å²) in [5, 5.41) is 46.8. The SMILES string of the molecule is Cc1ccc(Oc2ccc(-c3ccc(Oc4ccc(-n5c(O)c6c(c5O)C5C=CC6c6c5c(O)n(-c5ccc(Oc7ccc(C(C)(C)C)cc7)cc5)c6O)cc4)cc3)cc2)cc1. The lowest BCUT2D eigenvalue weighted by Crippen LogP contribution is -2.17. The van der Waals surface area contributed by atoms with E-state index in [-0.39, 0.29) is 28.9 Å². The normalized spacial score (nSPS) is 15.0.